The maximum absolute atomic E-state index is 11.9. The smallest absolute Gasteiger partial charge is 0.339 e. The number of carboxylic acids is 1. The van der Waals surface area contributed by atoms with E-state index in [4.69, 9.17) is 9.52 Å². The minimum atomic E-state index is -1.02. The lowest BCUT2D eigenvalue weighted by Crippen LogP contribution is -2.32. The first-order chi connectivity index (χ1) is 8.36. The quantitative estimate of drug-likeness (QED) is 0.887. The summed E-state index contributed by atoms with van der Waals surface area (Å²) in [6.45, 7) is 3.71. The Kier molecular flexibility index (Phi) is 4.84. The van der Waals surface area contributed by atoms with Crippen molar-refractivity contribution in [2.75, 3.05) is 13.3 Å². The van der Waals surface area contributed by atoms with Gasteiger partial charge in [-0.15, -0.1) is 0 Å². The lowest BCUT2D eigenvalue weighted by Gasteiger charge is -2.18. The summed E-state index contributed by atoms with van der Waals surface area (Å²) in [5, 5.41) is 8.78. The van der Waals surface area contributed by atoms with Gasteiger partial charge in [-0.25, -0.2) is 4.79 Å². The van der Waals surface area contributed by atoms with E-state index in [9.17, 15) is 9.59 Å². The number of carbonyl (C=O) groups excluding carboxylic acids is 1. The number of amides is 1. The Morgan fingerprint density at radius 2 is 2.17 bits per heavy atom. The molecule has 0 aliphatic carbocycles. The Balaban J connectivity index is 2.76. The maximum Gasteiger partial charge on any atom is 0.339 e. The third kappa shape index (κ3) is 3.29. The van der Waals surface area contributed by atoms with Crippen molar-refractivity contribution in [3.63, 3.8) is 0 Å². The highest BCUT2D eigenvalue weighted by Crippen LogP contribution is 2.17. The Labute approximate surface area is 110 Å². The van der Waals surface area contributed by atoms with Gasteiger partial charge in [0.05, 0.1) is 11.8 Å². The van der Waals surface area contributed by atoms with Crippen LogP contribution in [0.15, 0.2) is 10.5 Å². The minimum Gasteiger partial charge on any atom is -0.478 e. The predicted octanol–water partition coefficient (Wildman–Crippen LogP) is 2.00. The van der Waals surface area contributed by atoms with E-state index in [1.165, 1.54) is 22.7 Å². The second kappa shape index (κ2) is 5.95. The summed E-state index contributed by atoms with van der Waals surface area (Å²) < 4.78 is 5.33. The SMILES string of the molecule is CSC(C)C(=O)N(C)Cc1cc(C(=O)O)c(C)o1. The van der Waals surface area contributed by atoms with Gasteiger partial charge in [-0.1, -0.05) is 0 Å². The third-order valence-electron chi connectivity index (χ3n) is 2.67. The van der Waals surface area contributed by atoms with Gasteiger partial charge >= 0.3 is 5.97 Å². The number of carbonyl (C=O) groups is 2. The Morgan fingerprint density at radius 3 is 2.61 bits per heavy atom. The molecule has 0 saturated heterocycles. The first-order valence-corrected chi connectivity index (χ1v) is 6.76. The molecule has 1 unspecified atom stereocenters. The van der Waals surface area contributed by atoms with E-state index in [1.807, 2.05) is 13.2 Å². The molecule has 18 heavy (non-hydrogen) atoms. The number of aryl methyl sites for hydroxylation is 1. The summed E-state index contributed by atoms with van der Waals surface area (Å²) in [5.74, 6) is -0.187. The fourth-order valence-electron chi connectivity index (χ4n) is 1.56. The molecular weight excluding hydrogens is 254 g/mol. The van der Waals surface area contributed by atoms with Crippen molar-refractivity contribution < 1.29 is 19.1 Å². The van der Waals surface area contributed by atoms with Gasteiger partial charge in [-0.05, 0) is 26.2 Å². The second-order valence-electron chi connectivity index (χ2n) is 4.06. The van der Waals surface area contributed by atoms with E-state index in [1.54, 1.807) is 14.0 Å². The van der Waals surface area contributed by atoms with E-state index in [2.05, 4.69) is 0 Å². The molecule has 0 fully saturated rings. The number of hydrogen-bond acceptors (Lipinski definition) is 4. The van der Waals surface area contributed by atoms with Crippen LogP contribution in [0, 0.1) is 6.92 Å². The van der Waals surface area contributed by atoms with E-state index in [-0.39, 0.29) is 23.3 Å². The molecule has 1 amide bonds. The fourth-order valence-corrected chi connectivity index (χ4v) is 1.94. The zero-order chi connectivity index (χ0) is 13.9. The highest BCUT2D eigenvalue weighted by Gasteiger charge is 2.19. The van der Waals surface area contributed by atoms with Crippen LogP contribution >= 0.6 is 11.8 Å². The summed E-state index contributed by atoms with van der Waals surface area (Å²) in [6.07, 6.45) is 1.87. The lowest BCUT2D eigenvalue weighted by atomic mass is 10.2. The average molecular weight is 271 g/mol. The highest BCUT2D eigenvalue weighted by atomic mass is 32.2. The molecule has 0 saturated carbocycles. The Bertz CT molecular complexity index is 455. The minimum absolute atomic E-state index is 0.00609. The standard InChI is InChI=1S/C12H17NO4S/c1-7-10(12(15)16)5-9(17-7)6-13(3)11(14)8(2)18-4/h5,8H,6H2,1-4H3,(H,15,16). The molecule has 1 aromatic heterocycles. The van der Waals surface area contributed by atoms with Crippen LogP contribution in [0.2, 0.25) is 0 Å². The normalized spacial score (nSPS) is 12.2. The predicted molar refractivity (Wildman–Crippen MR) is 69.9 cm³/mol. The molecule has 1 heterocycles. The third-order valence-corrected chi connectivity index (χ3v) is 3.58. The number of furan rings is 1. The first kappa shape index (κ1) is 14.6. The number of nitrogens with zero attached hydrogens (tertiary/aromatic N) is 1. The molecule has 1 N–H and O–H groups in total. The van der Waals surface area contributed by atoms with Crippen LogP contribution in [0.25, 0.3) is 0 Å². The molecule has 5 nitrogen and oxygen atoms in total. The van der Waals surface area contributed by atoms with Crippen molar-refractivity contribution in [2.45, 2.75) is 25.6 Å². The van der Waals surface area contributed by atoms with Crippen molar-refractivity contribution in [2.24, 2.45) is 0 Å². The molecule has 0 radical (unpaired) electrons. The van der Waals surface area contributed by atoms with Crippen LogP contribution in [0.4, 0.5) is 0 Å². The first-order valence-electron chi connectivity index (χ1n) is 5.47. The maximum atomic E-state index is 11.9. The van der Waals surface area contributed by atoms with E-state index in [0.717, 1.165) is 0 Å². The average Bonchev–Trinajstić information content (AvgIpc) is 2.68. The molecule has 0 spiro atoms. The van der Waals surface area contributed by atoms with Gasteiger partial charge in [0.2, 0.25) is 5.91 Å². The molecule has 1 atom stereocenters. The summed E-state index contributed by atoms with van der Waals surface area (Å²) in [4.78, 5) is 24.2. The van der Waals surface area contributed by atoms with Crippen LogP contribution in [0.5, 0.6) is 0 Å². The molecule has 0 aromatic carbocycles. The zero-order valence-electron chi connectivity index (χ0n) is 10.9. The van der Waals surface area contributed by atoms with Crippen molar-refractivity contribution in [1.82, 2.24) is 4.90 Å². The molecule has 6 heteroatoms. The topological polar surface area (TPSA) is 70.8 Å². The van der Waals surface area contributed by atoms with Gasteiger partial charge in [0, 0.05) is 7.05 Å². The molecule has 0 aliphatic rings. The molecule has 1 rings (SSSR count). The van der Waals surface area contributed by atoms with Gasteiger partial charge in [0.15, 0.2) is 0 Å². The van der Waals surface area contributed by atoms with E-state index >= 15 is 0 Å². The van der Waals surface area contributed by atoms with Crippen LogP contribution in [0.1, 0.15) is 28.8 Å². The lowest BCUT2D eigenvalue weighted by molar-refractivity contribution is -0.129. The summed E-state index contributed by atoms with van der Waals surface area (Å²) in [5.41, 5.74) is 0.142. The molecule has 0 bridgehead atoms. The zero-order valence-corrected chi connectivity index (χ0v) is 11.7. The molecule has 0 aliphatic heterocycles. The van der Waals surface area contributed by atoms with Crippen LogP contribution in [-0.4, -0.2) is 40.4 Å². The van der Waals surface area contributed by atoms with Gasteiger partial charge in [-0.3, -0.25) is 4.79 Å². The number of hydrogen-bond donors (Lipinski definition) is 1. The number of rotatable bonds is 5. The van der Waals surface area contributed by atoms with Gasteiger partial charge in [-0.2, -0.15) is 11.8 Å². The van der Waals surface area contributed by atoms with Gasteiger partial charge in [0.1, 0.15) is 17.1 Å². The molecule has 100 valence electrons. The van der Waals surface area contributed by atoms with Crippen LogP contribution in [0.3, 0.4) is 0 Å². The van der Waals surface area contributed by atoms with Crippen molar-refractivity contribution in [1.29, 1.82) is 0 Å². The molecular formula is C12H17NO4S. The Morgan fingerprint density at radius 1 is 1.56 bits per heavy atom. The highest BCUT2D eigenvalue weighted by molar-refractivity contribution is 7.99. The van der Waals surface area contributed by atoms with Crippen molar-refractivity contribution in [3.8, 4) is 0 Å². The summed E-state index contributed by atoms with van der Waals surface area (Å²) in [6, 6.07) is 1.46. The summed E-state index contributed by atoms with van der Waals surface area (Å²) >= 11 is 1.47. The van der Waals surface area contributed by atoms with Crippen molar-refractivity contribution in [3.05, 3.63) is 23.2 Å². The number of thioether (sulfide) groups is 1. The molecule has 1 aromatic rings. The van der Waals surface area contributed by atoms with E-state index < -0.39 is 5.97 Å². The second-order valence-corrected chi connectivity index (χ2v) is 5.24. The summed E-state index contributed by atoms with van der Waals surface area (Å²) in [7, 11) is 1.67. The largest absolute Gasteiger partial charge is 0.478 e. The number of carboxylic acid groups (broad SMARTS) is 1. The fraction of sp³-hybridized carbons (Fsp3) is 0.500. The Hall–Kier alpha value is -1.43. The van der Waals surface area contributed by atoms with Gasteiger partial charge < -0.3 is 14.4 Å². The monoisotopic (exact) mass is 271 g/mol. The number of aromatic carboxylic acids is 1. The van der Waals surface area contributed by atoms with Crippen LogP contribution in [-0.2, 0) is 11.3 Å². The van der Waals surface area contributed by atoms with Crippen molar-refractivity contribution >= 4 is 23.6 Å². The van der Waals surface area contributed by atoms with Crippen LogP contribution < -0.4 is 0 Å². The van der Waals surface area contributed by atoms with E-state index in [0.29, 0.717) is 11.5 Å². The van der Waals surface area contributed by atoms with Gasteiger partial charge in [0.25, 0.3) is 0 Å².